The van der Waals surface area contributed by atoms with Crippen LogP contribution in [-0.2, 0) is 16.4 Å². The van der Waals surface area contributed by atoms with Crippen molar-refractivity contribution in [1.82, 2.24) is 10.0 Å². The minimum atomic E-state index is -3.19. The van der Waals surface area contributed by atoms with Crippen LogP contribution < -0.4 is 10.0 Å². The maximum Gasteiger partial charge on any atom is 0.212 e. The first-order valence-corrected chi connectivity index (χ1v) is 9.06. The van der Waals surface area contributed by atoms with Crippen molar-refractivity contribution >= 4 is 10.0 Å². The van der Waals surface area contributed by atoms with Crippen molar-refractivity contribution in [2.24, 2.45) is 0 Å². The molecule has 2 N–H and O–H groups in total. The van der Waals surface area contributed by atoms with Crippen LogP contribution in [0.1, 0.15) is 43.4 Å². The molecule has 1 unspecified atom stereocenters. The maximum absolute atomic E-state index is 12.1. The minimum absolute atomic E-state index is 0.0518. The molecule has 0 amide bonds. The van der Waals surface area contributed by atoms with E-state index in [4.69, 9.17) is 0 Å². The number of hydrogen-bond donors (Lipinski definition) is 2. The topological polar surface area (TPSA) is 58.2 Å². The van der Waals surface area contributed by atoms with Gasteiger partial charge in [-0.05, 0) is 49.9 Å². The van der Waals surface area contributed by atoms with Gasteiger partial charge in [-0.1, -0.05) is 31.2 Å². The monoisotopic (exact) mass is 296 g/mol. The van der Waals surface area contributed by atoms with Crippen molar-refractivity contribution in [3.8, 4) is 0 Å². The predicted molar refractivity (Wildman–Crippen MR) is 82.2 cm³/mol. The average Bonchev–Trinajstić information content (AvgIpc) is 2.44. The van der Waals surface area contributed by atoms with E-state index in [1.54, 1.807) is 0 Å². The Balaban J connectivity index is 1.96. The molecule has 0 fully saturated rings. The number of hydrogen-bond acceptors (Lipinski definition) is 3. The number of sulfonamides is 1. The van der Waals surface area contributed by atoms with Gasteiger partial charge in [0.2, 0.25) is 10.0 Å². The highest BCUT2D eigenvalue weighted by Crippen LogP contribution is 2.29. The summed E-state index contributed by atoms with van der Waals surface area (Å²) < 4.78 is 27.1. The number of rotatable bonds is 7. The third-order valence-electron chi connectivity index (χ3n) is 3.71. The molecule has 4 nitrogen and oxygen atoms in total. The summed E-state index contributed by atoms with van der Waals surface area (Å²) >= 11 is 0. The van der Waals surface area contributed by atoms with Gasteiger partial charge in [0.25, 0.3) is 0 Å². The Kier molecular flexibility index (Phi) is 5.57. The summed E-state index contributed by atoms with van der Waals surface area (Å²) in [6.45, 7) is 3.65. The van der Waals surface area contributed by atoms with E-state index >= 15 is 0 Å². The summed E-state index contributed by atoms with van der Waals surface area (Å²) in [5.74, 6) is 0.193. The smallest absolute Gasteiger partial charge is 0.212 e. The van der Waals surface area contributed by atoms with Crippen molar-refractivity contribution in [2.45, 2.75) is 38.6 Å². The fourth-order valence-electron chi connectivity index (χ4n) is 2.72. The minimum Gasteiger partial charge on any atom is -0.317 e. The Labute approximate surface area is 122 Å². The molecule has 0 bridgehead atoms. The lowest BCUT2D eigenvalue weighted by atomic mass is 9.88. The highest BCUT2D eigenvalue weighted by atomic mass is 32.2. The molecule has 0 aliphatic heterocycles. The first kappa shape index (κ1) is 15.5. The van der Waals surface area contributed by atoms with Gasteiger partial charge in [0.05, 0.1) is 5.75 Å². The molecule has 112 valence electrons. The van der Waals surface area contributed by atoms with E-state index in [1.165, 1.54) is 5.56 Å². The Hall–Kier alpha value is -0.910. The van der Waals surface area contributed by atoms with Crippen LogP contribution in [-0.4, -0.2) is 27.3 Å². The molecule has 1 aromatic carbocycles. The van der Waals surface area contributed by atoms with E-state index in [1.807, 2.05) is 25.1 Å². The highest BCUT2D eigenvalue weighted by Gasteiger charge is 2.23. The molecule has 20 heavy (non-hydrogen) atoms. The summed E-state index contributed by atoms with van der Waals surface area (Å²) in [5, 5.41) is 3.15. The van der Waals surface area contributed by atoms with Crippen LogP contribution >= 0.6 is 0 Å². The average molecular weight is 296 g/mol. The summed E-state index contributed by atoms with van der Waals surface area (Å²) in [6, 6.07) is 8.09. The second-order valence-electron chi connectivity index (χ2n) is 5.29. The molecular formula is C15H24N2O2S. The van der Waals surface area contributed by atoms with Gasteiger partial charge in [0, 0.05) is 6.04 Å². The van der Waals surface area contributed by atoms with Gasteiger partial charge < -0.3 is 5.32 Å². The van der Waals surface area contributed by atoms with Gasteiger partial charge in [-0.25, -0.2) is 13.1 Å². The molecule has 0 saturated carbocycles. The molecule has 1 aliphatic rings. The molecule has 0 heterocycles. The van der Waals surface area contributed by atoms with Crippen molar-refractivity contribution in [3.63, 3.8) is 0 Å². The fraction of sp³-hybridized carbons (Fsp3) is 0.600. The van der Waals surface area contributed by atoms with E-state index in [2.05, 4.69) is 16.1 Å². The second kappa shape index (κ2) is 7.20. The van der Waals surface area contributed by atoms with Crippen molar-refractivity contribution in [2.75, 3.05) is 18.8 Å². The van der Waals surface area contributed by atoms with Gasteiger partial charge in [-0.3, -0.25) is 0 Å². The normalized spacial score (nSPS) is 18.8. The zero-order chi connectivity index (χ0) is 14.4. The molecule has 0 spiro atoms. The van der Waals surface area contributed by atoms with Crippen LogP contribution in [0.15, 0.2) is 24.3 Å². The Morgan fingerprint density at radius 3 is 2.90 bits per heavy atom. The Morgan fingerprint density at radius 1 is 1.30 bits per heavy atom. The van der Waals surface area contributed by atoms with Gasteiger partial charge >= 0.3 is 0 Å². The van der Waals surface area contributed by atoms with E-state index < -0.39 is 10.0 Å². The molecule has 0 saturated heterocycles. The first-order chi connectivity index (χ1) is 9.62. The summed E-state index contributed by atoms with van der Waals surface area (Å²) in [6.07, 6.45) is 3.64. The fourth-order valence-corrected chi connectivity index (χ4v) is 4.04. The number of nitrogens with one attached hydrogen (secondary N) is 2. The third kappa shape index (κ3) is 4.30. The third-order valence-corrected chi connectivity index (χ3v) is 5.18. The summed E-state index contributed by atoms with van der Waals surface area (Å²) in [5.41, 5.74) is 2.42. The number of benzene rings is 1. The zero-order valence-electron chi connectivity index (χ0n) is 12.1. The van der Waals surface area contributed by atoms with Crippen LogP contribution in [0, 0.1) is 0 Å². The second-order valence-corrected chi connectivity index (χ2v) is 7.16. The van der Waals surface area contributed by atoms with Crippen molar-refractivity contribution < 1.29 is 8.42 Å². The Morgan fingerprint density at radius 2 is 2.10 bits per heavy atom. The van der Waals surface area contributed by atoms with Gasteiger partial charge in [-0.2, -0.15) is 0 Å². The zero-order valence-corrected chi connectivity index (χ0v) is 12.9. The lowest BCUT2D eigenvalue weighted by molar-refractivity contribution is 0.505. The highest BCUT2D eigenvalue weighted by molar-refractivity contribution is 7.89. The first-order valence-electron chi connectivity index (χ1n) is 7.41. The van der Waals surface area contributed by atoms with Gasteiger partial charge in [-0.15, -0.1) is 0 Å². The van der Waals surface area contributed by atoms with E-state index in [9.17, 15) is 8.42 Å². The van der Waals surface area contributed by atoms with Crippen LogP contribution in [0.4, 0.5) is 0 Å². The van der Waals surface area contributed by atoms with Gasteiger partial charge in [0.15, 0.2) is 0 Å². The van der Waals surface area contributed by atoms with Crippen LogP contribution in [0.2, 0.25) is 0 Å². The SMILES string of the molecule is CCNCCCS(=O)(=O)NC1CCCc2ccccc21. The number of aryl methyl sites for hydroxylation is 1. The van der Waals surface area contributed by atoms with E-state index in [0.717, 1.165) is 37.9 Å². The van der Waals surface area contributed by atoms with Gasteiger partial charge in [0.1, 0.15) is 0 Å². The molecule has 1 aromatic rings. The van der Waals surface area contributed by atoms with Crippen molar-refractivity contribution in [1.29, 1.82) is 0 Å². The van der Waals surface area contributed by atoms with Crippen LogP contribution in [0.3, 0.4) is 0 Å². The predicted octanol–water partition coefficient (Wildman–Crippen LogP) is 1.98. The van der Waals surface area contributed by atoms with Crippen LogP contribution in [0.5, 0.6) is 0 Å². The standard InChI is InChI=1S/C15H24N2O2S/c1-2-16-11-6-12-20(18,19)17-15-10-5-8-13-7-3-4-9-14(13)15/h3-4,7,9,15-17H,2,5-6,8,10-12H2,1H3. The molecule has 0 radical (unpaired) electrons. The lowest BCUT2D eigenvalue weighted by Crippen LogP contribution is -2.33. The quantitative estimate of drug-likeness (QED) is 0.757. The molecule has 1 atom stereocenters. The molecule has 5 heteroatoms. The maximum atomic E-state index is 12.1. The van der Waals surface area contributed by atoms with Crippen molar-refractivity contribution in [3.05, 3.63) is 35.4 Å². The Bertz CT molecular complexity index is 528. The summed E-state index contributed by atoms with van der Waals surface area (Å²) in [4.78, 5) is 0. The number of fused-ring (bicyclic) bond motifs is 1. The molecule has 0 aromatic heterocycles. The molecule has 1 aliphatic carbocycles. The lowest BCUT2D eigenvalue weighted by Gasteiger charge is -2.26. The summed E-state index contributed by atoms with van der Waals surface area (Å²) in [7, 11) is -3.19. The van der Waals surface area contributed by atoms with E-state index in [0.29, 0.717) is 6.42 Å². The van der Waals surface area contributed by atoms with E-state index in [-0.39, 0.29) is 11.8 Å². The molecule has 2 rings (SSSR count). The van der Waals surface area contributed by atoms with Crippen LogP contribution in [0.25, 0.3) is 0 Å². The largest absolute Gasteiger partial charge is 0.317 e. The molecular weight excluding hydrogens is 272 g/mol.